The van der Waals surface area contributed by atoms with Gasteiger partial charge in [-0.25, -0.2) is 14.2 Å². The summed E-state index contributed by atoms with van der Waals surface area (Å²) in [6, 6.07) is 3.58. The van der Waals surface area contributed by atoms with Gasteiger partial charge in [-0.1, -0.05) is 0 Å². The first-order valence-corrected chi connectivity index (χ1v) is 10.6. The van der Waals surface area contributed by atoms with Crippen LogP contribution in [0.1, 0.15) is 63.7 Å². The van der Waals surface area contributed by atoms with Gasteiger partial charge in [0.25, 0.3) is 5.91 Å². The molecule has 2 amide bonds. The number of benzene rings is 1. The SMILES string of the molecule is CC(C)OC(=O)N1CCC(CCCOc2ccc(C(=O)N(O)C(C)C)c(F)c2)CC1. The number of halogens is 1. The Morgan fingerprint density at radius 2 is 1.90 bits per heavy atom. The van der Waals surface area contributed by atoms with Crippen LogP contribution in [-0.2, 0) is 4.74 Å². The molecule has 1 N–H and O–H groups in total. The Bertz CT molecular complexity index is 717. The lowest BCUT2D eigenvalue weighted by molar-refractivity contribution is -0.0797. The molecule has 0 bridgehead atoms. The number of hydroxylamine groups is 2. The highest BCUT2D eigenvalue weighted by molar-refractivity contribution is 5.94. The summed E-state index contributed by atoms with van der Waals surface area (Å²) >= 11 is 0. The number of piperidine rings is 1. The van der Waals surface area contributed by atoms with Crippen molar-refractivity contribution in [3.05, 3.63) is 29.6 Å². The van der Waals surface area contributed by atoms with Crippen LogP contribution < -0.4 is 4.74 Å². The van der Waals surface area contributed by atoms with Crippen LogP contribution in [0.25, 0.3) is 0 Å². The summed E-state index contributed by atoms with van der Waals surface area (Å²) in [4.78, 5) is 25.7. The number of amides is 2. The van der Waals surface area contributed by atoms with Crippen molar-refractivity contribution < 1.29 is 28.7 Å². The minimum atomic E-state index is -0.780. The Balaban J connectivity index is 1.72. The number of carbonyl (C=O) groups excluding carboxylic acids is 2. The van der Waals surface area contributed by atoms with Gasteiger partial charge >= 0.3 is 6.09 Å². The summed E-state index contributed by atoms with van der Waals surface area (Å²) in [6.07, 6.45) is 3.31. The smallest absolute Gasteiger partial charge is 0.410 e. The van der Waals surface area contributed by atoms with Crippen LogP contribution in [0.4, 0.5) is 9.18 Å². The van der Waals surface area contributed by atoms with E-state index in [0.717, 1.165) is 25.7 Å². The molecule has 0 aliphatic carbocycles. The van der Waals surface area contributed by atoms with Crippen molar-refractivity contribution in [3.8, 4) is 5.75 Å². The first-order chi connectivity index (χ1) is 14.2. The summed E-state index contributed by atoms with van der Waals surface area (Å²) in [7, 11) is 0. The maximum atomic E-state index is 14.2. The topological polar surface area (TPSA) is 79.3 Å². The quantitative estimate of drug-likeness (QED) is 0.378. The number of likely N-dealkylation sites (tertiary alicyclic amines) is 1. The third-order valence-electron chi connectivity index (χ3n) is 5.10. The van der Waals surface area contributed by atoms with E-state index in [1.165, 1.54) is 18.2 Å². The molecule has 1 aliphatic heterocycles. The molecule has 1 saturated heterocycles. The summed E-state index contributed by atoms with van der Waals surface area (Å²) in [5, 5.41) is 10.2. The number of ether oxygens (including phenoxy) is 2. The average Bonchev–Trinajstić information content (AvgIpc) is 2.70. The second-order valence-corrected chi connectivity index (χ2v) is 8.24. The van der Waals surface area contributed by atoms with Gasteiger partial charge in [-0.3, -0.25) is 10.0 Å². The van der Waals surface area contributed by atoms with Gasteiger partial charge in [-0.05, 0) is 71.4 Å². The van der Waals surface area contributed by atoms with E-state index in [1.54, 1.807) is 18.7 Å². The first-order valence-electron chi connectivity index (χ1n) is 10.6. The molecule has 0 atom stereocenters. The fourth-order valence-corrected chi connectivity index (χ4v) is 3.36. The molecule has 1 heterocycles. The normalized spacial score (nSPS) is 14.9. The second-order valence-electron chi connectivity index (χ2n) is 8.24. The van der Waals surface area contributed by atoms with Gasteiger partial charge in [0.15, 0.2) is 0 Å². The molecule has 0 unspecified atom stereocenters. The molecule has 30 heavy (non-hydrogen) atoms. The van der Waals surface area contributed by atoms with Crippen molar-refractivity contribution in [2.24, 2.45) is 5.92 Å². The van der Waals surface area contributed by atoms with Crippen LogP contribution in [-0.4, -0.2) is 59.0 Å². The van der Waals surface area contributed by atoms with Gasteiger partial charge in [-0.15, -0.1) is 0 Å². The van der Waals surface area contributed by atoms with E-state index in [2.05, 4.69) is 0 Å². The molecule has 0 radical (unpaired) electrons. The molecule has 2 rings (SSSR count). The van der Waals surface area contributed by atoms with Crippen LogP contribution >= 0.6 is 0 Å². The van der Waals surface area contributed by atoms with E-state index >= 15 is 0 Å². The predicted octanol–water partition coefficient (Wildman–Crippen LogP) is 4.48. The fourth-order valence-electron chi connectivity index (χ4n) is 3.36. The number of nitrogens with zero attached hydrogens (tertiary/aromatic N) is 2. The Morgan fingerprint density at radius 3 is 2.47 bits per heavy atom. The van der Waals surface area contributed by atoms with E-state index in [0.29, 0.717) is 36.4 Å². The molecule has 1 aliphatic rings. The van der Waals surface area contributed by atoms with Crippen LogP contribution in [0.2, 0.25) is 0 Å². The van der Waals surface area contributed by atoms with Gasteiger partial charge in [0.1, 0.15) is 11.6 Å². The largest absolute Gasteiger partial charge is 0.493 e. The summed E-state index contributed by atoms with van der Waals surface area (Å²) in [5.74, 6) is -0.625. The molecule has 0 spiro atoms. The molecule has 168 valence electrons. The molecule has 1 fully saturated rings. The van der Waals surface area contributed by atoms with E-state index < -0.39 is 17.8 Å². The summed E-state index contributed by atoms with van der Waals surface area (Å²) in [6.45, 7) is 8.80. The van der Waals surface area contributed by atoms with Crippen LogP contribution in [0.15, 0.2) is 18.2 Å². The number of hydrogen-bond acceptors (Lipinski definition) is 5. The molecule has 0 saturated carbocycles. The van der Waals surface area contributed by atoms with Crippen molar-refractivity contribution in [2.75, 3.05) is 19.7 Å². The van der Waals surface area contributed by atoms with Gasteiger partial charge in [0.05, 0.1) is 24.3 Å². The highest BCUT2D eigenvalue weighted by atomic mass is 19.1. The summed E-state index contributed by atoms with van der Waals surface area (Å²) < 4.78 is 25.1. The number of carbonyl (C=O) groups is 2. The minimum absolute atomic E-state index is 0.109. The second kappa shape index (κ2) is 11.2. The molecule has 8 heteroatoms. The van der Waals surface area contributed by atoms with Crippen molar-refractivity contribution in [2.45, 2.75) is 65.5 Å². The lowest BCUT2D eigenvalue weighted by atomic mass is 9.92. The predicted molar refractivity (Wildman–Crippen MR) is 110 cm³/mol. The fraction of sp³-hybridized carbons (Fsp3) is 0.636. The van der Waals surface area contributed by atoms with Gasteiger partial charge in [0, 0.05) is 19.2 Å². The zero-order chi connectivity index (χ0) is 22.3. The Kier molecular flexibility index (Phi) is 8.89. The van der Waals surface area contributed by atoms with E-state index in [4.69, 9.17) is 9.47 Å². The lowest BCUT2D eigenvalue weighted by Gasteiger charge is -2.31. The molecular weight excluding hydrogens is 391 g/mol. The minimum Gasteiger partial charge on any atom is -0.493 e. The summed E-state index contributed by atoms with van der Waals surface area (Å²) in [5.41, 5.74) is -0.193. The third-order valence-corrected chi connectivity index (χ3v) is 5.10. The van der Waals surface area contributed by atoms with Gasteiger partial charge in [0.2, 0.25) is 0 Å². The van der Waals surface area contributed by atoms with Gasteiger partial charge in [-0.2, -0.15) is 0 Å². The Hall–Kier alpha value is -2.35. The third kappa shape index (κ3) is 6.86. The molecular formula is C22H33FN2O5. The van der Waals surface area contributed by atoms with E-state index in [9.17, 15) is 19.2 Å². The van der Waals surface area contributed by atoms with Crippen molar-refractivity contribution >= 4 is 12.0 Å². The van der Waals surface area contributed by atoms with Crippen LogP contribution in [0.3, 0.4) is 0 Å². The standard InChI is InChI=1S/C22H33FN2O5/c1-15(2)25(28)21(26)19-8-7-18(14-20(19)23)29-13-5-6-17-9-11-24(12-10-17)22(27)30-16(3)4/h7-8,14-17,28H,5-6,9-13H2,1-4H3. The van der Waals surface area contributed by atoms with E-state index in [1.807, 2.05) is 13.8 Å². The van der Waals surface area contributed by atoms with Crippen molar-refractivity contribution in [3.63, 3.8) is 0 Å². The Labute approximate surface area is 177 Å². The lowest BCUT2D eigenvalue weighted by Crippen LogP contribution is -2.39. The first kappa shape index (κ1) is 23.9. The van der Waals surface area contributed by atoms with E-state index in [-0.39, 0.29) is 17.8 Å². The monoisotopic (exact) mass is 424 g/mol. The molecule has 1 aromatic carbocycles. The molecule has 1 aromatic rings. The maximum absolute atomic E-state index is 14.2. The Morgan fingerprint density at radius 1 is 1.23 bits per heavy atom. The number of rotatable bonds is 8. The van der Waals surface area contributed by atoms with Crippen molar-refractivity contribution in [1.29, 1.82) is 0 Å². The maximum Gasteiger partial charge on any atom is 0.410 e. The van der Waals surface area contributed by atoms with Crippen LogP contribution in [0.5, 0.6) is 5.75 Å². The average molecular weight is 425 g/mol. The number of hydrogen-bond donors (Lipinski definition) is 1. The van der Waals surface area contributed by atoms with Crippen molar-refractivity contribution in [1.82, 2.24) is 9.96 Å². The zero-order valence-electron chi connectivity index (χ0n) is 18.3. The molecule has 0 aromatic heterocycles. The molecule has 7 nitrogen and oxygen atoms in total. The van der Waals surface area contributed by atoms with Crippen LogP contribution in [0, 0.1) is 11.7 Å². The zero-order valence-corrected chi connectivity index (χ0v) is 18.3. The highest BCUT2D eigenvalue weighted by Crippen LogP contribution is 2.23. The highest BCUT2D eigenvalue weighted by Gasteiger charge is 2.24. The van der Waals surface area contributed by atoms with Gasteiger partial charge < -0.3 is 14.4 Å².